The molecule has 216 valence electrons. The van der Waals surface area contributed by atoms with E-state index in [4.69, 9.17) is 8.92 Å². The summed E-state index contributed by atoms with van der Waals surface area (Å²) in [4.78, 5) is 29.3. The molecule has 0 aliphatic heterocycles. The monoisotopic (exact) mass is 560 g/mol. The lowest BCUT2D eigenvalue weighted by Gasteiger charge is -2.29. The number of amides is 1. The Balaban J connectivity index is 2.54. The van der Waals surface area contributed by atoms with Crippen LogP contribution in [0.25, 0.3) is 0 Å². The van der Waals surface area contributed by atoms with E-state index in [1.54, 1.807) is 17.0 Å². The molecule has 0 spiro atoms. The molecular weight excluding hydrogens is 516 g/mol. The predicted molar refractivity (Wildman–Crippen MR) is 155 cm³/mol. The van der Waals surface area contributed by atoms with Gasteiger partial charge in [-0.15, -0.1) is 0 Å². The summed E-state index contributed by atoms with van der Waals surface area (Å²) in [5, 5.41) is 0. The predicted octanol–water partition coefficient (Wildman–Crippen LogP) is 6.04. The third-order valence-corrected chi connectivity index (χ3v) is 7.65. The number of esters is 1. The average Bonchev–Trinajstić information content (AvgIpc) is 2.88. The Kier molecular flexibility index (Phi) is 12.3. The van der Waals surface area contributed by atoms with E-state index in [1.807, 2.05) is 60.6 Å². The van der Waals surface area contributed by atoms with Gasteiger partial charge in [0.2, 0.25) is 5.91 Å². The molecule has 0 saturated heterocycles. The number of benzene rings is 2. The third kappa shape index (κ3) is 8.98. The normalized spacial score (nSPS) is 11.5. The number of rotatable bonds is 15. The summed E-state index contributed by atoms with van der Waals surface area (Å²) in [6.45, 7) is 15.7. The molecule has 0 heterocycles. The van der Waals surface area contributed by atoms with E-state index >= 15 is 0 Å². The van der Waals surface area contributed by atoms with Crippen molar-refractivity contribution in [3.05, 3.63) is 53.6 Å². The van der Waals surface area contributed by atoms with E-state index in [0.29, 0.717) is 18.4 Å². The third-order valence-electron chi connectivity index (χ3n) is 6.35. The highest BCUT2D eigenvalue weighted by atomic mass is 32.2. The van der Waals surface area contributed by atoms with Gasteiger partial charge in [-0.25, -0.2) is 4.79 Å². The first kappa shape index (κ1) is 32.1. The molecule has 0 fully saturated rings. The summed E-state index contributed by atoms with van der Waals surface area (Å²) < 4.78 is 38.3. The summed E-state index contributed by atoms with van der Waals surface area (Å²) in [6, 6.07) is 11.2. The minimum atomic E-state index is -4.42. The Labute approximate surface area is 234 Å². The van der Waals surface area contributed by atoms with Crippen LogP contribution in [-0.2, 0) is 26.2 Å². The Morgan fingerprint density at radius 3 is 2.21 bits per heavy atom. The van der Waals surface area contributed by atoms with Crippen LogP contribution >= 0.6 is 0 Å². The van der Waals surface area contributed by atoms with Gasteiger partial charge in [0.25, 0.3) is 0 Å². The zero-order chi connectivity index (χ0) is 29.2. The molecule has 0 atom stereocenters. The molecule has 9 heteroatoms. The summed E-state index contributed by atoms with van der Waals surface area (Å²) >= 11 is 0. The molecule has 8 nitrogen and oxygen atoms in total. The van der Waals surface area contributed by atoms with Gasteiger partial charge in [0.05, 0.1) is 12.2 Å². The highest BCUT2D eigenvalue weighted by molar-refractivity contribution is 7.87. The lowest BCUT2D eigenvalue weighted by Crippen LogP contribution is -2.37. The van der Waals surface area contributed by atoms with Crippen LogP contribution < -0.4 is 9.08 Å². The molecular formula is C30H44N2O6S. The van der Waals surface area contributed by atoms with Crippen LogP contribution in [0.5, 0.6) is 5.75 Å². The molecule has 2 aromatic rings. The maximum Gasteiger partial charge on any atom is 0.340 e. The second-order valence-corrected chi connectivity index (χ2v) is 11.7. The van der Waals surface area contributed by atoms with Crippen molar-refractivity contribution >= 4 is 27.7 Å². The molecule has 2 aromatic carbocycles. The largest absolute Gasteiger partial charge is 0.462 e. The molecule has 0 N–H and O–H groups in total. The minimum Gasteiger partial charge on any atom is -0.462 e. The molecule has 0 aliphatic rings. The van der Waals surface area contributed by atoms with Gasteiger partial charge in [0, 0.05) is 49.4 Å². The maximum absolute atomic E-state index is 13.6. The Bertz CT molecular complexity index is 1210. The molecule has 39 heavy (non-hydrogen) atoms. The van der Waals surface area contributed by atoms with E-state index in [9.17, 15) is 18.0 Å². The quantitative estimate of drug-likeness (QED) is 0.149. The molecule has 0 unspecified atom stereocenters. The number of hydrogen-bond acceptors (Lipinski definition) is 7. The van der Waals surface area contributed by atoms with Crippen molar-refractivity contribution < 1.29 is 26.9 Å². The van der Waals surface area contributed by atoms with Crippen LogP contribution in [0.2, 0.25) is 0 Å². The van der Waals surface area contributed by atoms with Gasteiger partial charge < -0.3 is 18.7 Å². The van der Waals surface area contributed by atoms with E-state index in [2.05, 4.69) is 4.90 Å². The number of carbonyl (C=O) groups is 2. The van der Waals surface area contributed by atoms with E-state index in [-0.39, 0.29) is 47.2 Å². The van der Waals surface area contributed by atoms with Gasteiger partial charge in [0.1, 0.15) is 10.6 Å². The lowest BCUT2D eigenvalue weighted by molar-refractivity contribution is -0.134. The minimum absolute atomic E-state index is 0.0122. The fourth-order valence-corrected chi connectivity index (χ4v) is 5.30. The van der Waals surface area contributed by atoms with Gasteiger partial charge in [-0.1, -0.05) is 45.4 Å². The molecule has 0 radical (unpaired) electrons. The van der Waals surface area contributed by atoms with Gasteiger partial charge in [-0.05, 0) is 58.2 Å². The van der Waals surface area contributed by atoms with Crippen molar-refractivity contribution in [3.63, 3.8) is 0 Å². The van der Waals surface area contributed by atoms with Crippen LogP contribution in [0.1, 0.15) is 83.7 Å². The maximum atomic E-state index is 13.6. The Hall–Kier alpha value is -3.07. The average molecular weight is 561 g/mol. The lowest BCUT2D eigenvalue weighted by atomic mass is 10.1. The van der Waals surface area contributed by atoms with Crippen LogP contribution in [-0.4, -0.2) is 50.9 Å². The Morgan fingerprint density at radius 1 is 0.949 bits per heavy atom. The number of carbonyl (C=O) groups excluding carboxylic acids is 2. The van der Waals surface area contributed by atoms with Crippen molar-refractivity contribution in [1.82, 2.24) is 4.90 Å². The fourth-order valence-electron chi connectivity index (χ4n) is 4.15. The Morgan fingerprint density at radius 2 is 1.62 bits per heavy atom. The van der Waals surface area contributed by atoms with Crippen LogP contribution in [0, 0.1) is 5.92 Å². The first-order valence-corrected chi connectivity index (χ1v) is 15.2. The zero-order valence-electron chi connectivity index (χ0n) is 24.4. The number of hydrogen-bond donors (Lipinski definition) is 0. The van der Waals surface area contributed by atoms with E-state index < -0.39 is 16.1 Å². The van der Waals surface area contributed by atoms with Crippen LogP contribution in [0.15, 0.2) is 47.4 Å². The number of nitrogens with zero attached hydrogens (tertiary/aromatic N) is 2. The summed E-state index contributed by atoms with van der Waals surface area (Å²) in [5.74, 6) is -0.416. The first-order chi connectivity index (χ1) is 18.4. The molecule has 0 bridgehead atoms. The number of anilines is 1. The zero-order valence-corrected chi connectivity index (χ0v) is 25.2. The number of ether oxygens (including phenoxy) is 1. The SMILES string of the molecule is CCCCOC(=O)c1ccccc1S(=O)(=O)Oc1cc(N(CC)CC)ccc1CN(C(=O)CC(C)C)C(C)C. The van der Waals surface area contributed by atoms with E-state index in [0.717, 1.165) is 25.2 Å². The van der Waals surface area contributed by atoms with Gasteiger partial charge in [0.15, 0.2) is 0 Å². The van der Waals surface area contributed by atoms with Crippen molar-refractivity contribution in [3.8, 4) is 5.75 Å². The summed E-state index contributed by atoms with van der Waals surface area (Å²) in [7, 11) is -4.42. The molecule has 0 aromatic heterocycles. The van der Waals surface area contributed by atoms with Crippen molar-refractivity contribution in [2.45, 2.75) is 85.2 Å². The summed E-state index contributed by atoms with van der Waals surface area (Å²) in [6.07, 6.45) is 1.91. The number of unbranched alkanes of at least 4 members (excludes halogenated alkanes) is 1. The smallest absolute Gasteiger partial charge is 0.340 e. The van der Waals surface area contributed by atoms with Gasteiger partial charge in [-0.2, -0.15) is 8.42 Å². The highest BCUT2D eigenvalue weighted by Gasteiger charge is 2.27. The second-order valence-electron chi connectivity index (χ2n) is 10.2. The topological polar surface area (TPSA) is 93.2 Å². The first-order valence-electron chi connectivity index (χ1n) is 13.8. The van der Waals surface area contributed by atoms with Crippen LogP contribution in [0.3, 0.4) is 0 Å². The fraction of sp³-hybridized carbons (Fsp3) is 0.533. The molecule has 0 saturated carbocycles. The molecule has 2 rings (SSSR count). The van der Waals surface area contributed by atoms with Crippen molar-refractivity contribution in [2.75, 3.05) is 24.6 Å². The van der Waals surface area contributed by atoms with Gasteiger partial charge >= 0.3 is 16.1 Å². The summed E-state index contributed by atoms with van der Waals surface area (Å²) in [5.41, 5.74) is 1.28. The standard InChI is InChI=1S/C30H44N2O6S/c1-8-11-18-37-30(34)26-14-12-13-15-28(26)39(35,36)38-27-20-25(31(9-2)10-3)17-16-24(27)21-32(23(6)7)29(33)19-22(4)5/h12-17,20,22-23H,8-11,18-19,21H2,1-7H3. The van der Waals surface area contributed by atoms with Crippen molar-refractivity contribution in [2.24, 2.45) is 5.92 Å². The second kappa shape index (κ2) is 14.9. The van der Waals surface area contributed by atoms with Crippen LogP contribution in [0.4, 0.5) is 5.69 Å². The van der Waals surface area contributed by atoms with Crippen molar-refractivity contribution in [1.29, 1.82) is 0 Å². The van der Waals surface area contributed by atoms with E-state index in [1.165, 1.54) is 18.2 Å². The highest BCUT2D eigenvalue weighted by Crippen LogP contribution is 2.31. The molecule has 0 aliphatic carbocycles. The van der Waals surface area contributed by atoms with Gasteiger partial charge in [-0.3, -0.25) is 4.79 Å². The molecule has 1 amide bonds.